The molecule has 2 heterocycles. The van der Waals surface area contributed by atoms with E-state index in [-0.39, 0.29) is 35.9 Å². The minimum Gasteiger partial charge on any atom is -0.485 e. The van der Waals surface area contributed by atoms with Gasteiger partial charge in [-0.1, -0.05) is 182 Å². The summed E-state index contributed by atoms with van der Waals surface area (Å²) in [5.74, 6) is 2.37. The highest BCUT2D eigenvalue weighted by molar-refractivity contribution is 6.19. The molecule has 0 aromatic heterocycles. The maximum Gasteiger partial charge on any atom is 0.128 e. The van der Waals surface area contributed by atoms with Crippen molar-refractivity contribution in [2.75, 3.05) is 0 Å². The monoisotopic (exact) mass is 744 g/mol. The van der Waals surface area contributed by atoms with E-state index in [4.69, 9.17) is 9.47 Å². The lowest BCUT2D eigenvalue weighted by Crippen LogP contribution is -2.16. The zero-order chi connectivity index (χ0) is 38.2. The van der Waals surface area contributed by atoms with Gasteiger partial charge in [0.1, 0.15) is 23.7 Å². The van der Waals surface area contributed by atoms with Crippen LogP contribution in [-0.2, 0) is 0 Å². The molecule has 6 atom stereocenters. The molecule has 0 amide bonds. The van der Waals surface area contributed by atoms with Crippen LogP contribution in [0.25, 0.3) is 32.3 Å². The molecule has 2 aliphatic carbocycles. The number of hydrogen-bond donors (Lipinski definition) is 0. The van der Waals surface area contributed by atoms with Gasteiger partial charge in [0.2, 0.25) is 0 Å². The third-order valence-electron chi connectivity index (χ3n) is 13.0. The first-order valence-electron chi connectivity index (χ1n) is 20.6. The summed E-state index contributed by atoms with van der Waals surface area (Å²) in [5.41, 5.74) is 10.00. The zero-order valence-corrected chi connectivity index (χ0v) is 31.9. The van der Waals surface area contributed by atoms with E-state index in [1.807, 2.05) is 0 Å². The zero-order valence-electron chi connectivity index (χ0n) is 31.9. The summed E-state index contributed by atoms with van der Waals surface area (Å²) in [6.45, 7) is 0. The van der Waals surface area contributed by atoms with Crippen molar-refractivity contribution < 1.29 is 9.47 Å². The summed E-state index contributed by atoms with van der Waals surface area (Å²) in [7, 11) is 0. The molecule has 2 nitrogen and oxygen atoms in total. The van der Waals surface area contributed by atoms with Crippen molar-refractivity contribution in [3.8, 4) is 11.5 Å². The minimum atomic E-state index is -0.0512. The van der Waals surface area contributed by atoms with Crippen molar-refractivity contribution in [1.82, 2.24) is 0 Å². The van der Waals surface area contributed by atoms with Crippen LogP contribution >= 0.6 is 0 Å². The number of benzene rings is 8. The second-order valence-electron chi connectivity index (χ2n) is 16.1. The van der Waals surface area contributed by atoms with Crippen LogP contribution in [0.4, 0.5) is 0 Å². The van der Waals surface area contributed by atoms with Crippen LogP contribution in [0.1, 0.15) is 68.2 Å². The van der Waals surface area contributed by atoms with Crippen LogP contribution in [0.5, 0.6) is 11.5 Å². The first kappa shape index (κ1) is 33.3. The lowest BCUT2D eigenvalue weighted by molar-refractivity contribution is 0.266. The molecular weight excluding hydrogens is 705 g/mol. The molecule has 2 heteroatoms. The molecule has 0 fully saturated rings. The standard InChI is InChI=1S/C56H40O2/c1-3-17-35(18-4-1)53(45-29-15-27-43-41-25-11-13-31-51(41)57-55(43)45)49-33-47-38-22-8-10-24-40(38)50(34-48(47)37-21-7-9-23-39(37)49)54(36-19-5-2-6-20-36)46-30-16-28-44-42-26-12-14-32-52(42)58-56(44)46/h1-34,41-42,51-54H. The highest BCUT2D eigenvalue weighted by Crippen LogP contribution is 2.52. The predicted molar refractivity (Wildman–Crippen MR) is 237 cm³/mol. The molecular formula is C56H40O2. The molecule has 8 aromatic carbocycles. The Morgan fingerprint density at radius 3 is 1.17 bits per heavy atom. The highest BCUT2D eigenvalue weighted by atomic mass is 16.5. The summed E-state index contributed by atoms with van der Waals surface area (Å²) < 4.78 is 13.7. The van der Waals surface area contributed by atoms with Gasteiger partial charge in [0, 0.05) is 45.9 Å². The second kappa shape index (κ2) is 13.4. The number of para-hydroxylation sites is 2. The van der Waals surface area contributed by atoms with E-state index in [0.717, 1.165) is 11.5 Å². The fourth-order valence-corrected chi connectivity index (χ4v) is 10.5. The molecule has 4 aliphatic rings. The Bertz CT molecular complexity index is 2830. The van der Waals surface area contributed by atoms with Crippen LogP contribution in [0, 0.1) is 0 Å². The Labute approximate surface area is 338 Å². The molecule has 0 saturated carbocycles. The Balaban J connectivity index is 1.13. The molecule has 276 valence electrons. The Morgan fingerprint density at radius 1 is 0.328 bits per heavy atom. The molecule has 6 unspecified atom stereocenters. The van der Waals surface area contributed by atoms with Crippen molar-refractivity contribution in [2.45, 2.75) is 35.9 Å². The van der Waals surface area contributed by atoms with E-state index in [0.29, 0.717) is 0 Å². The van der Waals surface area contributed by atoms with Gasteiger partial charge in [-0.05, 0) is 78.9 Å². The molecule has 0 saturated heterocycles. The van der Waals surface area contributed by atoms with Crippen molar-refractivity contribution in [3.05, 3.63) is 251 Å². The highest BCUT2D eigenvalue weighted by Gasteiger charge is 2.38. The van der Waals surface area contributed by atoms with Crippen LogP contribution in [-0.4, -0.2) is 12.2 Å². The predicted octanol–water partition coefficient (Wildman–Crippen LogP) is 13.4. The summed E-state index contributed by atoms with van der Waals surface area (Å²) in [6.07, 6.45) is 17.5. The van der Waals surface area contributed by atoms with E-state index < -0.39 is 0 Å². The van der Waals surface area contributed by atoms with Crippen LogP contribution < -0.4 is 9.47 Å². The Morgan fingerprint density at radius 2 is 0.724 bits per heavy atom. The number of ether oxygens (including phenoxy) is 2. The summed E-state index contributed by atoms with van der Waals surface area (Å²) in [6, 6.07) is 58.5. The maximum absolute atomic E-state index is 6.87. The van der Waals surface area contributed by atoms with E-state index in [1.54, 1.807) is 0 Å². The maximum atomic E-state index is 6.87. The third-order valence-corrected chi connectivity index (χ3v) is 13.0. The minimum absolute atomic E-state index is 0.0130. The number of allylic oxidation sites excluding steroid dienone is 4. The van der Waals surface area contributed by atoms with E-state index in [1.165, 1.54) is 76.8 Å². The first-order valence-corrected chi connectivity index (χ1v) is 20.6. The molecule has 0 N–H and O–H groups in total. The van der Waals surface area contributed by atoms with Gasteiger partial charge >= 0.3 is 0 Å². The molecule has 0 spiro atoms. The average Bonchev–Trinajstić information content (AvgIpc) is 3.87. The lowest BCUT2D eigenvalue weighted by Gasteiger charge is -2.26. The van der Waals surface area contributed by atoms with Gasteiger partial charge in [0.05, 0.1) is 0 Å². The quantitative estimate of drug-likeness (QED) is 0.125. The normalized spacial score (nSPS) is 20.6. The fourth-order valence-electron chi connectivity index (χ4n) is 10.5. The lowest BCUT2D eigenvalue weighted by atomic mass is 9.77. The van der Waals surface area contributed by atoms with Crippen molar-refractivity contribution in [1.29, 1.82) is 0 Å². The summed E-state index contributed by atoms with van der Waals surface area (Å²) in [5, 5.41) is 7.51. The largest absolute Gasteiger partial charge is 0.485 e. The Kier molecular flexibility index (Phi) is 7.66. The summed E-state index contributed by atoms with van der Waals surface area (Å²) >= 11 is 0. The molecule has 0 bridgehead atoms. The molecule has 58 heavy (non-hydrogen) atoms. The first-order chi connectivity index (χ1) is 28.8. The SMILES string of the molecule is C1=CC2Oc3c(C(c4ccccc4)c4cc5c6ccccc6c(C(c6ccccc6)c6cccc7c6OC6C=CC=CC76)cc5c5ccccc45)cccc3C2C=C1. The van der Waals surface area contributed by atoms with Crippen LogP contribution in [0.3, 0.4) is 0 Å². The van der Waals surface area contributed by atoms with Crippen molar-refractivity contribution in [3.63, 3.8) is 0 Å². The smallest absolute Gasteiger partial charge is 0.128 e. The number of hydrogen-bond acceptors (Lipinski definition) is 2. The van der Waals surface area contributed by atoms with Gasteiger partial charge in [-0.2, -0.15) is 0 Å². The van der Waals surface area contributed by atoms with Gasteiger partial charge in [-0.3, -0.25) is 0 Å². The van der Waals surface area contributed by atoms with Crippen molar-refractivity contribution >= 4 is 32.3 Å². The van der Waals surface area contributed by atoms with Gasteiger partial charge in [-0.25, -0.2) is 0 Å². The fraction of sp³-hybridized carbons (Fsp3) is 0.107. The Hall–Kier alpha value is -6.90. The van der Waals surface area contributed by atoms with E-state index in [9.17, 15) is 0 Å². The topological polar surface area (TPSA) is 18.5 Å². The number of fused-ring (bicyclic) bond motifs is 11. The van der Waals surface area contributed by atoms with Crippen LogP contribution in [0.15, 0.2) is 206 Å². The average molecular weight is 745 g/mol. The van der Waals surface area contributed by atoms with Crippen molar-refractivity contribution in [2.24, 2.45) is 0 Å². The van der Waals surface area contributed by atoms with Gasteiger partial charge < -0.3 is 9.47 Å². The van der Waals surface area contributed by atoms with Crippen LogP contribution in [0.2, 0.25) is 0 Å². The molecule has 8 aromatic rings. The summed E-state index contributed by atoms with van der Waals surface area (Å²) in [4.78, 5) is 0. The number of rotatable bonds is 6. The van der Waals surface area contributed by atoms with Gasteiger partial charge in [-0.15, -0.1) is 0 Å². The molecule has 0 radical (unpaired) electrons. The second-order valence-corrected chi connectivity index (χ2v) is 16.1. The third kappa shape index (κ3) is 5.11. The van der Waals surface area contributed by atoms with E-state index >= 15 is 0 Å². The van der Waals surface area contributed by atoms with E-state index in [2.05, 4.69) is 206 Å². The van der Waals surface area contributed by atoms with Gasteiger partial charge in [0.25, 0.3) is 0 Å². The molecule has 2 aliphatic heterocycles. The molecule has 12 rings (SSSR count). The van der Waals surface area contributed by atoms with Gasteiger partial charge in [0.15, 0.2) is 0 Å².